The molecule has 0 atom stereocenters. The molecule has 0 aliphatic rings. The Balaban J connectivity index is 1.74. The molecule has 1 N–H and O–H groups in total. The summed E-state index contributed by atoms with van der Waals surface area (Å²) in [5, 5.41) is 16.1. The third-order valence-electron chi connectivity index (χ3n) is 3.93. The van der Waals surface area contributed by atoms with E-state index in [4.69, 9.17) is 5.26 Å². The first-order valence-corrected chi connectivity index (χ1v) is 8.60. The fourth-order valence-corrected chi connectivity index (χ4v) is 2.76. The van der Waals surface area contributed by atoms with Gasteiger partial charge in [0.25, 0.3) is 5.82 Å². The number of nitrogens with one attached hydrogen (secondary N) is 1. The minimum atomic E-state index is -0.122. The van der Waals surface area contributed by atoms with Crippen LogP contribution in [0.25, 0.3) is 0 Å². The smallest absolute Gasteiger partial charge is 0.252 e. The predicted molar refractivity (Wildman–Crippen MR) is 104 cm³/mol. The molecule has 7 heteroatoms. The van der Waals surface area contributed by atoms with Gasteiger partial charge in [-0.25, -0.2) is 9.67 Å². The van der Waals surface area contributed by atoms with Gasteiger partial charge in [-0.05, 0) is 50.2 Å². The molecule has 0 fully saturated rings. The quantitative estimate of drug-likeness (QED) is 0.728. The SMILES string of the molecule is CC(C)N(C(=O)Cn1cnc(C#N)n1)c1ccc(Nc2ccccc2)cc1. The molecule has 1 aromatic heterocycles. The lowest BCUT2D eigenvalue weighted by molar-refractivity contribution is -0.119. The molecule has 0 saturated heterocycles. The molecular formula is C20H20N6O. The van der Waals surface area contributed by atoms with Crippen LogP contribution in [0.4, 0.5) is 17.1 Å². The molecule has 2 aromatic carbocycles. The third kappa shape index (κ3) is 4.50. The van der Waals surface area contributed by atoms with E-state index in [9.17, 15) is 4.79 Å². The van der Waals surface area contributed by atoms with E-state index in [1.54, 1.807) is 4.90 Å². The number of nitriles is 1. The van der Waals surface area contributed by atoms with Crippen molar-refractivity contribution in [3.05, 3.63) is 66.7 Å². The van der Waals surface area contributed by atoms with Crippen LogP contribution in [-0.4, -0.2) is 26.7 Å². The van der Waals surface area contributed by atoms with Gasteiger partial charge in [0.1, 0.15) is 18.9 Å². The lowest BCUT2D eigenvalue weighted by atomic mass is 10.2. The number of amides is 1. The highest BCUT2D eigenvalue weighted by molar-refractivity contribution is 5.93. The molecule has 27 heavy (non-hydrogen) atoms. The first kappa shape index (κ1) is 18.1. The van der Waals surface area contributed by atoms with Gasteiger partial charge >= 0.3 is 0 Å². The Labute approximate surface area is 157 Å². The summed E-state index contributed by atoms with van der Waals surface area (Å²) in [5.41, 5.74) is 2.74. The van der Waals surface area contributed by atoms with E-state index in [0.717, 1.165) is 17.1 Å². The monoisotopic (exact) mass is 360 g/mol. The molecule has 0 aliphatic carbocycles. The highest BCUT2D eigenvalue weighted by atomic mass is 16.2. The first-order valence-electron chi connectivity index (χ1n) is 8.60. The summed E-state index contributed by atoms with van der Waals surface area (Å²) < 4.78 is 1.38. The van der Waals surface area contributed by atoms with Crippen molar-refractivity contribution in [1.82, 2.24) is 14.8 Å². The number of hydrogen-bond acceptors (Lipinski definition) is 5. The summed E-state index contributed by atoms with van der Waals surface area (Å²) >= 11 is 0. The zero-order valence-corrected chi connectivity index (χ0v) is 15.2. The maximum Gasteiger partial charge on any atom is 0.252 e. The van der Waals surface area contributed by atoms with Crippen LogP contribution in [0, 0.1) is 11.3 Å². The average molecular weight is 360 g/mol. The zero-order valence-electron chi connectivity index (χ0n) is 15.2. The van der Waals surface area contributed by atoms with Gasteiger partial charge in [-0.1, -0.05) is 18.2 Å². The normalized spacial score (nSPS) is 10.4. The summed E-state index contributed by atoms with van der Waals surface area (Å²) in [4.78, 5) is 18.3. The molecule has 0 aliphatic heterocycles. The van der Waals surface area contributed by atoms with Gasteiger partial charge in [-0.3, -0.25) is 4.79 Å². The maximum absolute atomic E-state index is 12.8. The van der Waals surface area contributed by atoms with Crippen molar-refractivity contribution in [3.8, 4) is 6.07 Å². The molecule has 0 spiro atoms. The van der Waals surface area contributed by atoms with Gasteiger partial charge in [-0.2, -0.15) is 5.26 Å². The second-order valence-electron chi connectivity index (χ2n) is 6.27. The van der Waals surface area contributed by atoms with Crippen molar-refractivity contribution in [3.63, 3.8) is 0 Å². The van der Waals surface area contributed by atoms with Crippen LogP contribution in [0.1, 0.15) is 19.7 Å². The molecule has 1 heterocycles. The lowest BCUT2D eigenvalue weighted by Crippen LogP contribution is -2.39. The van der Waals surface area contributed by atoms with Gasteiger partial charge < -0.3 is 10.2 Å². The van der Waals surface area contributed by atoms with Crippen molar-refractivity contribution in [2.24, 2.45) is 0 Å². The zero-order chi connectivity index (χ0) is 19.2. The van der Waals surface area contributed by atoms with Crippen molar-refractivity contribution in [1.29, 1.82) is 5.26 Å². The predicted octanol–water partition coefficient (Wildman–Crippen LogP) is 3.33. The molecule has 0 bridgehead atoms. The highest BCUT2D eigenvalue weighted by Crippen LogP contribution is 2.23. The van der Waals surface area contributed by atoms with E-state index in [1.807, 2.05) is 74.5 Å². The Kier molecular flexibility index (Phi) is 5.47. The Bertz CT molecular complexity index is 941. The molecule has 0 unspecified atom stereocenters. The lowest BCUT2D eigenvalue weighted by Gasteiger charge is -2.27. The van der Waals surface area contributed by atoms with Crippen molar-refractivity contribution < 1.29 is 4.79 Å². The van der Waals surface area contributed by atoms with E-state index in [2.05, 4.69) is 15.4 Å². The number of rotatable bonds is 6. The van der Waals surface area contributed by atoms with E-state index >= 15 is 0 Å². The molecule has 1 amide bonds. The second kappa shape index (κ2) is 8.15. The number of nitrogens with zero attached hydrogens (tertiary/aromatic N) is 5. The maximum atomic E-state index is 12.8. The summed E-state index contributed by atoms with van der Waals surface area (Å²) in [6.45, 7) is 3.93. The number of carbonyl (C=O) groups excluding carboxylic acids is 1. The molecule has 7 nitrogen and oxygen atoms in total. The summed E-state index contributed by atoms with van der Waals surface area (Å²) in [6.07, 6.45) is 1.39. The van der Waals surface area contributed by atoms with E-state index in [1.165, 1.54) is 11.0 Å². The molecule has 136 valence electrons. The van der Waals surface area contributed by atoms with E-state index in [0.29, 0.717) is 0 Å². The average Bonchev–Trinajstić information content (AvgIpc) is 3.11. The van der Waals surface area contributed by atoms with Crippen molar-refractivity contribution in [2.75, 3.05) is 10.2 Å². The van der Waals surface area contributed by atoms with Crippen molar-refractivity contribution >= 4 is 23.0 Å². The molecular weight excluding hydrogens is 340 g/mol. The van der Waals surface area contributed by atoms with E-state index in [-0.39, 0.29) is 24.3 Å². The molecule has 3 aromatic rings. The van der Waals surface area contributed by atoms with Gasteiger partial charge in [0.2, 0.25) is 5.91 Å². The molecule has 0 saturated carbocycles. The Morgan fingerprint density at radius 2 is 1.81 bits per heavy atom. The highest BCUT2D eigenvalue weighted by Gasteiger charge is 2.20. The van der Waals surface area contributed by atoms with Gasteiger partial charge in [-0.15, -0.1) is 5.10 Å². The van der Waals surface area contributed by atoms with Crippen molar-refractivity contribution in [2.45, 2.75) is 26.4 Å². The minimum absolute atomic E-state index is 0.0237. The fourth-order valence-electron chi connectivity index (χ4n) is 2.76. The standard InChI is InChI=1S/C20H20N6O/c1-15(2)26(20(27)13-25-14-22-19(12-21)24-25)18-10-8-17(9-11-18)23-16-6-4-3-5-7-16/h3-11,14-15,23H,13H2,1-2H3. The van der Waals surface area contributed by atoms with Crippen LogP contribution in [0.3, 0.4) is 0 Å². The van der Waals surface area contributed by atoms with Crippen LogP contribution < -0.4 is 10.2 Å². The van der Waals surface area contributed by atoms with Crippen LogP contribution in [0.15, 0.2) is 60.9 Å². The third-order valence-corrected chi connectivity index (χ3v) is 3.93. The second-order valence-corrected chi connectivity index (χ2v) is 6.27. The summed E-state index contributed by atoms with van der Waals surface area (Å²) in [7, 11) is 0. The molecule has 3 rings (SSSR count). The molecule has 0 radical (unpaired) electrons. The van der Waals surface area contributed by atoms with Crippen LogP contribution in [0.5, 0.6) is 0 Å². The van der Waals surface area contributed by atoms with Crippen LogP contribution in [-0.2, 0) is 11.3 Å². The Morgan fingerprint density at radius 1 is 1.15 bits per heavy atom. The Morgan fingerprint density at radius 3 is 2.41 bits per heavy atom. The largest absolute Gasteiger partial charge is 0.356 e. The van der Waals surface area contributed by atoms with Gasteiger partial charge in [0.05, 0.1) is 0 Å². The number of benzene rings is 2. The summed E-state index contributed by atoms with van der Waals surface area (Å²) in [5.74, 6) is -0.0709. The number of aromatic nitrogens is 3. The minimum Gasteiger partial charge on any atom is -0.356 e. The van der Waals surface area contributed by atoms with Gasteiger partial charge in [0, 0.05) is 23.1 Å². The van der Waals surface area contributed by atoms with Gasteiger partial charge in [0.15, 0.2) is 0 Å². The first-order chi connectivity index (χ1) is 13.1. The number of para-hydroxylation sites is 1. The number of hydrogen-bond donors (Lipinski definition) is 1. The Hall–Kier alpha value is -3.66. The fraction of sp³-hybridized carbons (Fsp3) is 0.200. The van der Waals surface area contributed by atoms with Crippen LogP contribution in [0.2, 0.25) is 0 Å². The number of carbonyl (C=O) groups is 1. The van der Waals surface area contributed by atoms with E-state index < -0.39 is 0 Å². The topological polar surface area (TPSA) is 86.8 Å². The number of anilines is 3. The van der Waals surface area contributed by atoms with Crippen LogP contribution >= 0.6 is 0 Å². The summed E-state index contributed by atoms with van der Waals surface area (Å²) in [6, 6.07) is 19.4.